The molecule has 5 nitrogen and oxygen atoms in total. The first-order chi connectivity index (χ1) is 7.17. The zero-order valence-electron chi connectivity index (χ0n) is 8.87. The third kappa shape index (κ3) is 3.39. The minimum Gasteiger partial charge on any atom is -0.332 e. The number of carbonyl (C=O) groups excluding carboxylic acids is 1. The molecule has 0 radical (unpaired) electrons. The van der Waals surface area contributed by atoms with Crippen LogP contribution in [0.15, 0.2) is 10.2 Å². The number of rotatable bonds is 4. The van der Waals surface area contributed by atoms with Gasteiger partial charge in [-0.1, -0.05) is 11.3 Å². The molecule has 0 spiro atoms. The van der Waals surface area contributed by atoms with Gasteiger partial charge in [0.2, 0.25) is 0 Å². The number of urea groups is 1. The maximum absolute atomic E-state index is 11.5. The highest BCUT2D eigenvalue weighted by molar-refractivity contribution is 7.07. The lowest BCUT2D eigenvalue weighted by molar-refractivity contribution is 0.202. The third-order valence-electron chi connectivity index (χ3n) is 2.05. The maximum Gasteiger partial charge on any atom is 0.317 e. The van der Waals surface area contributed by atoms with E-state index in [1.54, 1.807) is 10.3 Å². The Bertz CT molecular complexity index is 367. The SMILES string of the molecule is CCN(CC)C(=O)NCc1csc(=O)[nH]1. The minimum absolute atomic E-state index is 0.0953. The monoisotopic (exact) mass is 229 g/mol. The topological polar surface area (TPSA) is 65.2 Å². The van der Waals surface area contributed by atoms with Gasteiger partial charge in [-0.2, -0.15) is 0 Å². The van der Waals surface area contributed by atoms with E-state index >= 15 is 0 Å². The van der Waals surface area contributed by atoms with Crippen LogP contribution < -0.4 is 10.2 Å². The van der Waals surface area contributed by atoms with Crippen molar-refractivity contribution in [2.24, 2.45) is 0 Å². The second-order valence-corrected chi connectivity index (χ2v) is 3.85. The van der Waals surface area contributed by atoms with E-state index < -0.39 is 0 Å². The Hall–Kier alpha value is -1.30. The van der Waals surface area contributed by atoms with E-state index in [0.717, 1.165) is 17.0 Å². The van der Waals surface area contributed by atoms with Crippen LogP contribution >= 0.6 is 11.3 Å². The molecule has 15 heavy (non-hydrogen) atoms. The van der Waals surface area contributed by atoms with E-state index in [2.05, 4.69) is 10.3 Å². The summed E-state index contributed by atoms with van der Waals surface area (Å²) < 4.78 is 0. The average molecular weight is 229 g/mol. The number of aromatic nitrogens is 1. The number of hydrogen-bond donors (Lipinski definition) is 2. The quantitative estimate of drug-likeness (QED) is 0.808. The largest absolute Gasteiger partial charge is 0.332 e. The first-order valence-corrected chi connectivity index (χ1v) is 5.74. The maximum atomic E-state index is 11.5. The van der Waals surface area contributed by atoms with Crippen molar-refractivity contribution in [1.29, 1.82) is 0 Å². The van der Waals surface area contributed by atoms with Gasteiger partial charge in [-0.3, -0.25) is 4.79 Å². The molecule has 0 saturated carbocycles. The number of aromatic amines is 1. The number of H-pyrrole nitrogens is 1. The Balaban J connectivity index is 2.43. The molecule has 2 N–H and O–H groups in total. The molecule has 0 aliphatic rings. The second-order valence-electron chi connectivity index (χ2n) is 3.00. The van der Waals surface area contributed by atoms with Crippen molar-refractivity contribution >= 4 is 17.4 Å². The Labute approximate surface area is 92.1 Å². The molecule has 84 valence electrons. The molecule has 0 bridgehead atoms. The second kappa shape index (κ2) is 5.55. The van der Waals surface area contributed by atoms with Crippen molar-refractivity contribution in [2.45, 2.75) is 20.4 Å². The normalized spacial score (nSPS) is 10.0. The first-order valence-electron chi connectivity index (χ1n) is 4.86. The van der Waals surface area contributed by atoms with Gasteiger partial charge in [0.05, 0.1) is 6.54 Å². The van der Waals surface area contributed by atoms with E-state index in [9.17, 15) is 9.59 Å². The van der Waals surface area contributed by atoms with Crippen LogP contribution in [0, 0.1) is 0 Å². The highest BCUT2D eigenvalue weighted by Gasteiger charge is 2.08. The van der Waals surface area contributed by atoms with Crippen LogP contribution in [-0.4, -0.2) is 29.0 Å². The molecule has 1 aromatic heterocycles. The fraction of sp³-hybridized carbons (Fsp3) is 0.556. The lowest BCUT2D eigenvalue weighted by Gasteiger charge is -2.18. The van der Waals surface area contributed by atoms with Gasteiger partial charge in [0.1, 0.15) is 0 Å². The van der Waals surface area contributed by atoms with Crippen molar-refractivity contribution in [3.05, 3.63) is 20.7 Å². The molecule has 6 heteroatoms. The van der Waals surface area contributed by atoms with Gasteiger partial charge in [0.25, 0.3) is 0 Å². The Kier molecular flexibility index (Phi) is 4.36. The average Bonchev–Trinajstić information content (AvgIpc) is 2.63. The lowest BCUT2D eigenvalue weighted by Crippen LogP contribution is -2.39. The predicted octanol–water partition coefficient (Wildman–Crippen LogP) is 0.988. The summed E-state index contributed by atoms with van der Waals surface area (Å²) in [6.07, 6.45) is 0. The van der Waals surface area contributed by atoms with Gasteiger partial charge in [0.15, 0.2) is 0 Å². The van der Waals surface area contributed by atoms with E-state index in [1.165, 1.54) is 0 Å². The van der Waals surface area contributed by atoms with Gasteiger partial charge in [0, 0.05) is 24.2 Å². The summed E-state index contributed by atoms with van der Waals surface area (Å²) in [4.78, 5) is 26.6. The molecule has 0 unspecified atom stereocenters. The zero-order valence-corrected chi connectivity index (χ0v) is 9.69. The fourth-order valence-electron chi connectivity index (χ4n) is 1.19. The van der Waals surface area contributed by atoms with Gasteiger partial charge < -0.3 is 15.2 Å². The van der Waals surface area contributed by atoms with Gasteiger partial charge in [-0.05, 0) is 13.8 Å². The first kappa shape index (κ1) is 11.8. The molecule has 0 saturated heterocycles. The van der Waals surface area contributed by atoms with Gasteiger partial charge >= 0.3 is 10.9 Å². The Morgan fingerprint density at radius 3 is 2.67 bits per heavy atom. The molecule has 0 aliphatic heterocycles. The summed E-state index contributed by atoms with van der Waals surface area (Å²) in [5.74, 6) is 0. The highest BCUT2D eigenvalue weighted by Crippen LogP contribution is 1.95. The highest BCUT2D eigenvalue weighted by atomic mass is 32.1. The summed E-state index contributed by atoms with van der Waals surface area (Å²) in [5, 5.41) is 4.45. The Morgan fingerprint density at radius 2 is 2.20 bits per heavy atom. The summed E-state index contributed by atoms with van der Waals surface area (Å²) in [5.41, 5.74) is 0.741. The van der Waals surface area contributed by atoms with E-state index in [4.69, 9.17) is 0 Å². The fourth-order valence-corrected chi connectivity index (χ4v) is 1.78. The summed E-state index contributed by atoms with van der Waals surface area (Å²) in [6, 6.07) is -0.105. The predicted molar refractivity (Wildman–Crippen MR) is 60.1 cm³/mol. The van der Waals surface area contributed by atoms with Crippen molar-refractivity contribution in [2.75, 3.05) is 13.1 Å². The van der Waals surface area contributed by atoms with Crippen LogP contribution in [-0.2, 0) is 6.54 Å². The molecular formula is C9H15N3O2S. The van der Waals surface area contributed by atoms with Crippen LogP contribution in [0.3, 0.4) is 0 Å². The van der Waals surface area contributed by atoms with Crippen LogP contribution in [0.2, 0.25) is 0 Å². The number of nitrogens with one attached hydrogen (secondary N) is 2. The molecule has 0 atom stereocenters. The molecule has 1 rings (SSSR count). The van der Waals surface area contributed by atoms with Crippen LogP contribution in [0.1, 0.15) is 19.5 Å². The van der Waals surface area contributed by atoms with Crippen LogP contribution in [0.5, 0.6) is 0 Å². The minimum atomic E-state index is -0.105. The molecule has 0 fully saturated rings. The summed E-state index contributed by atoms with van der Waals surface area (Å²) in [7, 11) is 0. The van der Waals surface area contributed by atoms with Crippen molar-refractivity contribution in [3.63, 3.8) is 0 Å². The smallest absolute Gasteiger partial charge is 0.317 e. The van der Waals surface area contributed by atoms with E-state index in [0.29, 0.717) is 19.6 Å². The molecule has 1 heterocycles. The van der Waals surface area contributed by atoms with Crippen LogP contribution in [0.25, 0.3) is 0 Å². The zero-order chi connectivity index (χ0) is 11.3. The molecule has 2 amide bonds. The standard InChI is InChI=1S/C9H15N3O2S/c1-3-12(4-2)8(13)10-5-7-6-15-9(14)11-7/h6H,3-5H2,1-2H3,(H,10,13)(H,11,14). The molecule has 0 aromatic carbocycles. The molecular weight excluding hydrogens is 214 g/mol. The lowest BCUT2D eigenvalue weighted by atomic mass is 10.5. The summed E-state index contributed by atoms with van der Waals surface area (Å²) in [6.45, 7) is 5.59. The number of hydrogen-bond acceptors (Lipinski definition) is 3. The number of amides is 2. The van der Waals surface area contributed by atoms with Crippen molar-refractivity contribution in [1.82, 2.24) is 15.2 Å². The van der Waals surface area contributed by atoms with Gasteiger partial charge in [-0.25, -0.2) is 4.79 Å². The number of carbonyl (C=O) groups is 1. The number of thiazole rings is 1. The third-order valence-corrected chi connectivity index (χ3v) is 2.77. The molecule has 1 aromatic rings. The van der Waals surface area contributed by atoms with Gasteiger partial charge in [-0.15, -0.1) is 0 Å². The van der Waals surface area contributed by atoms with Crippen molar-refractivity contribution in [3.8, 4) is 0 Å². The summed E-state index contributed by atoms with van der Waals surface area (Å²) >= 11 is 1.10. The number of nitrogens with zero attached hydrogens (tertiary/aromatic N) is 1. The molecule has 0 aliphatic carbocycles. The van der Waals surface area contributed by atoms with E-state index in [-0.39, 0.29) is 10.9 Å². The van der Waals surface area contributed by atoms with Crippen molar-refractivity contribution < 1.29 is 4.79 Å². The van der Waals surface area contributed by atoms with E-state index in [1.807, 2.05) is 13.8 Å². The Morgan fingerprint density at radius 1 is 1.53 bits per heavy atom. The van der Waals surface area contributed by atoms with Crippen LogP contribution in [0.4, 0.5) is 4.79 Å².